The predicted molar refractivity (Wildman–Crippen MR) is 131 cm³/mol. The minimum absolute atomic E-state index is 0.0235. The van der Waals surface area contributed by atoms with Gasteiger partial charge in [-0.15, -0.1) is 0 Å². The van der Waals surface area contributed by atoms with Crippen molar-refractivity contribution in [2.75, 3.05) is 39.0 Å². The Bertz CT molecular complexity index is 833. The van der Waals surface area contributed by atoms with E-state index in [1.807, 2.05) is 36.4 Å². The van der Waals surface area contributed by atoms with Crippen molar-refractivity contribution >= 4 is 17.6 Å². The second kappa shape index (κ2) is 12.6. The average molecular weight is 424 g/mol. The van der Waals surface area contributed by atoms with Crippen LogP contribution in [0.1, 0.15) is 36.7 Å². The molecule has 2 rings (SSSR count). The molecule has 2 aromatic carbocycles. The van der Waals surface area contributed by atoms with Gasteiger partial charge in [0, 0.05) is 44.5 Å². The third kappa shape index (κ3) is 8.32. The molecule has 0 bridgehead atoms. The van der Waals surface area contributed by atoms with Crippen LogP contribution in [0.25, 0.3) is 0 Å². The summed E-state index contributed by atoms with van der Waals surface area (Å²) in [4.78, 5) is 18.6. The Labute approximate surface area is 187 Å². The summed E-state index contributed by atoms with van der Waals surface area (Å²) in [5.41, 5.74) is 2.96. The molecule has 0 saturated heterocycles. The van der Waals surface area contributed by atoms with Gasteiger partial charge >= 0.3 is 0 Å². The molecule has 0 aromatic heterocycles. The van der Waals surface area contributed by atoms with E-state index in [0.717, 1.165) is 42.3 Å². The Morgan fingerprint density at radius 1 is 1.03 bits per heavy atom. The van der Waals surface area contributed by atoms with Gasteiger partial charge in [-0.25, -0.2) is 0 Å². The number of rotatable bonds is 10. The zero-order chi connectivity index (χ0) is 22.6. The van der Waals surface area contributed by atoms with Crippen molar-refractivity contribution in [2.24, 2.45) is 10.9 Å². The molecule has 0 aliphatic carbocycles. The second-order valence-electron chi connectivity index (χ2n) is 8.16. The van der Waals surface area contributed by atoms with Gasteiger partial charge < -0.3 is 20.9 Å². The summed E-state index contributed by atoms with van der Waals surface area (Å²) in [6.07, 6.45) is 0.814. The summed E-state index contributed by atoms with van der Waals surface area (Å²) < 4.78 is 0. The van der Waals surface area contributed by atoms with E-state index in [0.29, 0.717) is 12.5 Å². The van der Waals surface area contributed by atoms with Gasteiger partial charge in [-0.05, 0) is 49.1 Å². The predicted octanol–water partition coefficient (Wildman–Crippen LogP) is 3.62. The highest BCUT2D eigenvalue weighted by molar-refractivity contribution is 5.94. The van der Waals surface area contributed by atoms with Crippen molar-refractivity contribution in [1.82, 2.24) is 15.5 Å². The standard InChI is InChI=1S/C25H37N5O/c1-6-26-25(28-18-23(19(2)3)29-22-13-8-7-9-14-22)27-16-15-20-11-10-12-21(17-20)24(31)30(4)5/h7-14,17,19,23,29H,6,15-16,18H2,1-5H3,(H2,26,27,28). The Morgan fingerprint density at radius 3 is 2.42 bits per heavy atom. The highest BCUT2D eigenvalue weighted by Crippen LogP contribution is 2.13. The maximum Gasteiger partial charge on any atom is 0.253 e. The second-order valence-corrected chi connectivity index (χ2v) is 8.16. The summed E-state index contributed by atoms with van der Waals surface area (Å²) in [6, 6.07) is 18.3. The third-order valence-corrected chi connectivity index (χ3v) is 5.01. The van der Waals surface area contributed by atoms with Crippen LogP contribution >= 0.6 is 0 Å². The lowest BCUT2D eigenvalue weighted by atomic mass is 10.0. The number of guanidine groups is 1. The van der Waals surface area contributed by atoms with Gasteiger partial charge in [0.2, 0.25) is 0 Å². The molecular weight excluding hydrogens is 386 g/mol. The van der Waals surface area contributed by atoms with Crippen LogP contribution in [0, 0.1) is 5.92 Å². The van der Waals surface area contributed by atoms with E-state index in [4.69, 9.17) is 4.99 Å². The van der Waals surface area contributed by atoms with Crippen LogP contribution in [0.5, 0.6) is 0 Å². The fraction of sp³-hybridized carbons (Fsp3) is 0.440. The van der Waals surface area contributed by atoms with Crippen LogP contribution in [-0.4, -0.2) is 56.5 Å². The zero-order valence-electron chi connectivity index (χ0n) is 19.5. The fourth-order valence-corrected chi connectivity index (χ4v) is 3.15. The first-order valence-corrected chi connectivity index (χ1v) is 11.0. The molecule has 6 nitrogen and oxygen atoms in total. The maximum absolute atomic E-state index is 12.2. The SMILES string of the molecule is CCNC(=NCC(Nc1ccccc1)C(C)C)NCCc1cccc(C(=O)N(C)C)c1. The topological polar surface area (TPSA) is 68.8 Å². The molecule has 1 atom stereocenters. The number of carbonyl (C=O) groups is 1. The fourth-order valence-electron chi connectivity index (χ4n) is 3.15. The first-order valence-electron chi connectivity index (χ1n) is 11.0. The molecule has 0 aliphatic rings. The van der Waals surface area contributed by atoms with Gasteiger partial charge in [0.1, 0.15) is 0 Å². The van der Waals surface area contributed by atoms with E-state index in [9.17, 15) is 4.79 Å². The molecular formula is C25H37N5O. The molecule has 168 valence electrons. The van der Waals surface area contributed by atoms with E-state index in [-0.39, 0.29) is 11.9 Å². The van der Waals surface area contributed by atoms with Crippen molar-refractivity contribution in [3.05, 3.63) is 65.7 Å². The number of hydrogen-bond donors (Lipinski definition) is 3. The molecule has 6 heteroatoms. The summed E-state index contributed by atoms with van der Waals surface area (Å²) >= 11 is 0. The van der Waals surface area contributed by atoms with Crippen LogP contribution in [0.15, 0.2) is 59.6 Å². The molecule has 0 radical (unpaired) electrons. The smallest absolute Gasteiger partial charge is 0.253 e. The molecule has 1 unspecified atom stereocenters. The van der Waals surface area contributed by atoms with E-state index >= 15 is 0 Å². The van der Waals surface area contributed by atoms with Crippen molar-refractivity contribution in [3.8, 4) is 0 Å². The lowest BCUT2D eigenvalue weighted by molar-refractivity contribution is 0.0827. The van der Waals surface area contributed by atoms with Crippen LogP contribution in [-0.2, 0) is 6.42 Å². The van der Waals surface area contributed by atoms with Crippen molar-refractivity contribution in [3.63, 3.8) is 0 Å². The van der Waals surface area contributed by atoms with E-state index < -0.39 is 0 Å². The lowest BCUT2D eigenvalue weighted by Gasteiger charge is -2.22. The van der Waals surface area contributed by atoms with Gasteiger partial charge in [0.05, 0.1) is 6.54 Å². The molecule has 0 fully saturated rings. The number of nitrogens with zero attached hydrogens (tertiary/aromatic N) is 2. The summed E-state index contributed by atoms with van der Waals surface area (Å²) in [5.74, 6) is 1.28. The molecule has 0 heterocycles. The summed E-state index contributed by atoms with van der Waals surface area (Å²) in [5, 5.41) is 10.3. The lowest BCUT2D eigenvalue weighted by Crippen LogP contribution is -2.40. The van der Waals surface area contributed by atoms with Crippen molar-refractivity contribution < 1.29 is 4.79 Å². The van der Waals surface area contributed by atoms with E-state index in [1.165, 1.54) is 0 Å². The van der Waals surface area contributed by atoms with Gasteiger partial charge in [0.25, 0.3) is 5.91 Å². The van der Waals surface area contributed by atoms with Gasteiger partial charge in [-0.1, -0.05) is 44.2 Å². The van der Waals surface area contributed by atoms with E-state index in [1.54, 1.807) is 19.0 Å². The van der Waals surface area contributed by atoms with Crippen LogP contribution in [0.4, 0.5) is 5.69 Å². The molecule has 0 saturated carbocycles. The third-order valence-electron chi connectivity index (χ3n) is 5.01. The molecule has 3 N–H and O–H groups in total. The molecule has 2 aromatic rings. The number of para-hydroxylation sites is 1. The number of nitrogens with one attached hydrogen (secondary N) is 3. The minimum atomic E-state index is 0.0235. The number of amides is 1. The largest absolute Gasteiger partial charge is 0.380 e. The summed E-state index contributed by atoms with van der Waals surface area (Å²) in [6.45, 7) is 8.70. The van der Waals surface area contributed by atoms with Gasteiger partial charge in [-0.2, -0.15) is 0 Å². The Hall–Kier alpha value is -3.02. The molecule has 0 spiro atoms. The molecule has 0 aliphatic heterocycles. The average Bonchev–Trinajstić information content (AvgIpc) is 2.76. The summed E-state index contributed by atoms with van der Waals surface area (Å²) in [7, 11) is 3.54. The normalized spacial score (nSPS) is 12.4. The minimum Gasteiger partial charge on any atom is -0.380 e. The maximum atomic E-state index is 12.2. The highest BCUT2D eigenvalue weighted by Gasteiger charge is 2.13. The Balaban J connectivity index is 1.95. The Morgan fingerprint density at radius 2 is 1.77 bits per heavy atom. The van der Waals surface area contributed by atoms with Crippen LogP contribution in [0.3, 0.4) is 0 Å². The number of benzene rings is 2. The number of hydrogen-bond acceptors (Lipinski definition) is 3. The van der Waals surface area contributed by atoms with Gasteiger partial charge in [0.15, 0.2) is 5.96 Å². The number of carbonyl (C=O) groups excluding carboxylic acids is 1. The zero-order valence-corrected chi connectivity index (χ0v) is 19.5. The molecule has 1 amide bonds. The van der Waals surface area contributed by atoms with Crippen molar-refractivity contribution in [2.45, 2.75) is 33.2 Å². The highest BCUT2D eigenvalue weighted by atomic mass is 16.2. The molecule has 31 heavy (non-hydrogen) atoms. The first kappa shape index (κ1) is 24.3. The quantitative estimate of drug-likeness (QED) is 0.403. The number of anilines is 1. The van der Waals surface area contributed by atoms with Crippen LogP contribution in [0.2, 0.25) is 0 Å². The Kier molecular flexibility index (Phi) is 9.88. The van der Waals surface area contributed by atoms with Crippen molar-refractivity contribution in [1.29, 1.82) is 0 Å². The monoisotopic (exact) mass is 423 g/mol. The van der Waals surface area contributed by atoms with Gasteiger partial charge in [-0.3, -0.25) is 9.79 Å². The number of aliphatic imine (C=N–C) groups is 1. The first-order chi connectivity index (χ1) is 14.9. The van der Waals surface area contributed by atoms with Crippen LogP contribution < -0.4 is 16.0 Å². The van der Waals surface area contributed by atoms with E-state index in [2.05, 4.69) is 54.9 Å².